The largest absolute Gasteiger partial charge is 0.463 e. The second-order valence-corrected chi connectivity index (χ2v) is 8.62. The summed E-state index contributed by atoms with van der Waals surface area (Å²) in [6.45, 7) is 5.29. The van der Waals surface area contributed by atoms with Crippen molar-refractivity contribution < 1.29 is 14.3 Å². The Balaban J connectivity index is 0.00000256. The van der Waals surface area contributed by atoms with Crippen LogP contribution in [0.3, 0.4) is 0 Å². The molecule has 180 valence electrons. The van der Waals surface area contributed by atoms with Crippen LogP contribution in [0.15, 0.2) is 18.3 Å². The fraction of sp³-hybridized carbons (Fsp3) is 0.636. The third-order valence-corrected chi connectivity index (χ3v) is 6.01. The van der Waals surface area contributed by atoms with E-state index in [1.54, 1.807) is 12.3 Å². The number of rotatable bonds is 6. The number of nitrogens with two attached hydrogens (primary N) is 1. The molecule has 1 aromatic heterocycles. The van der Waals surface area contributed by atoms with Gasteiger partial charge in [0.05, 0.1) is 12.0 Å². The molecule has 4 N–H and O–H groups in total. The van der Waals surface area contributed by atoms with Crippen molar-refractivity contribution in [2.45, 2.75) is 64.5 Å². The van der Waals surface area contributed by atoms with Crippen molar-refractivity contribution in [1.82, 2.24) is 10.3 Å². The molecule has 3 rings (SSSR count). The molecule has 1 saturated carbocycles. The van der Waals surface area contributed by atoms with Crippen LogP contribution in [0.25, 0.3) is 0 Å². The van der Waals surface area contributed by atoms with Gasteiger partial charge in [0, 0.05) is 36.8 Å². The molecule has 2 fully saturated rings. The Labute approximate surface area is 202 Å². The molecule has 1 amide bonds. The number of nitrogen functional groups attached to an aromatic ring is 1. The Bertz CT molecular complexity index is 759. The predicted molar refractivity (Wildman–Crippen MR) is 130 cm³/mol. The Hall–Kier alpha value is -2.06. The molecule has 2 heterocycles. The van der Waals surface area contributed by atoms with E-state index in [4.69, 9.17) is 15.9 Å². The molecule has 8 nitrogen and oxygen atoms in total. The predicted octanol–water partition coefficient (Wildman–Crippen LogP) is 3.05. The van der Waals surface area contributed by atoms with Crippen molar-refractivity contribution in [2.75, 3.05) is 18.0 Å². The van der Waals surface area contributed by atoms with E-state index in [1.165, 1.54) is 0 Å². The molecule has 1 aliphatic carbocycles. The maximum atomic E-state index is 12.7. The van der Waals surface area contributed by atoms with Crippen LogP contribution in [0.4, 0.5) is 5.82 Å². The standard InChI is InChI=1S/C22H33N5O3.2ClH/c1-14(2)30-22(29)16-3-6-18(7-4-16)26-21(28)15-9-11-27(12-10-15)19-8-5-17(13-25-19)20(23)24;;/h5,8,13-16,18H,3-4,6-7,9-12H2,1-2H3,(H3,23,24)(H,26,28);2*1H. The van der Waals surface area contributed by atoms with Gasteiger partial charge in [-0.05, 0) is 64.5 Å². The minimum absolute atomic E-state index is 0. The van der Waals surface area contributed by atoms with Crippen LogP contribution in [0.5, 0.6) is 0 Å². The lowest BCUT2D eigenvalue weighted by Gasteiger charge is -2.34. The number of carbonyl (C=O) groups excluding carboxylic acids is 2. The lowest BCUT2D eigenvalue weighted by molar-refractivity contribution is -0.153. The average Bonchev–Trinajstić information content (AvgIpc) is 2.74. The van der Waals surface area contributed by atoms with Gasteiger partial charge in [-0.15, -0.1) is 24.8 Å². The molecule has 0 aromatic carbocycles. The number of pyridine rings is 1. The smallest absolute Gasteiger partial charge is 0.309 e. The minimum Gasteiger partial charge on any atom is -0.463 e. The van der Waals surface area contributed by atoms with Crippen LogP contribution in [0.2, 0.25) is 0 Å². The summed E-state index contributed by atoms with van der Waals surface area (Å²) in [7, 11) is 0. The van der Waals surface area contributed by atoms with E-state index in [1.807, 2.05) is 19.9 Å². The maximum absolute atomic E-state index is 12.7. The number of nitrogens with one attached hydrogen (secondary N) is 2. The number of esters is 1. The fourth-order valence-electron chi connectivity index (χ4n) is 4.22. The lowest BCUT2D eigenvalue weighted by atomic mass is 9.85. The van der Waals surface area contributed by atoms with E-state index in [9.17, 15) is 9.59 Å². The van der Waals surface area contributed by atoms with Crippen molar-refractivity contribution in [3.63, 3.8) is 0 Å². The van der Waals surface area contributed by atoms with E-state index in [0.717, 1.165) is 57.4 Å². The molecule has 0 radical (unpaired) electrons. The number of aromatic nitrogens is 1. The van der Waals surface area contributed by atoms with Gasteiger partial charge in [0.15, 0.2) is 0 Å². The normalized spacial score (nSPS) is 21.2. The van der Waals surface area contributed by atoms with Gasteiger partial charge in [-0.25, -0.2) is 4.98 Å². The molecule has 0 unspecified atom stereocenters. The fourth-order valence-corrected chi connectivity index (χ4v) is 4.22. The molecule has 0 atom stereocenters. The number of ether oxygens (including phenoxy) is 1. The van der Waals surface area contributed by atoms with Crippen LogP contribution < -0.4 is 16.0 Å². The average molecular weight is 488 g/mol. The third-order valence-electron chi connectivity index (χ3n) is 6.01. The highest BCUT2D eigenvalue weighted by atomic mass is 35.5. The van der Waals surface area contributed by atoms with Crippen molar-refractivity contribution in [2.24, 2.45) is 17.6 Å². The van der Waals surface area contributed by atoms with E-state index < -0.39 is 0 Å². The van der Waals surface area contributed by atoms with Gasteiger partial charge in [0.1, 0.15) is 11.7 Å². The quantitative estimate of drug-likeness (QED) is 0.322. The van der Waals surface area contributed by atoms with Gasteiger partial charge < -0.3 is 20.7 Å². The number of amides is 1. The van der Waals surface area contributed by atoms with Crippen molar-refractivity contribution >= 4 is 48.3 Å². The van der Waals surface area contributed by atoms with Gasteiger partial charge in [-0.2, -0.15) is 0 Å². The zero-order valence-corrected chi connectivity index (χ0v) is 20.3. The number of halogens is 2. The number of hydrogen-bond acceptors (Lipinski definition) is 6. The number of hydrogen-bond donors (Lipinski definition) is 3. The minimum atomic E-state index is -0.105. The van der Waals surface area contributed by atoms with Crippen LogP contribution in [0.1, 0.15) is 57.9 Å². The Morgan fingerprint density at radius 3 is 2.22 bits per heavy atom. The number of anilines is 1. The van der Waals surface area contributed by atoms with Gasteiger partial charge in [0.25, 0.3) is 0 Å². The third kappa shape index (κ3) is 7.52. The first kappa shape index (κ1) is 28.0. The first-order chi connectivity index (χ1) is 14.3. The van der Waals surface area contributed by atoms with Crippen LogP contribution >= 0.6 is 24.8 Å². The highest BCUT2D eigenvalue weighted by Gasteiger charge is 2.31. The number of carbonyl (C=O) groups is 2. The first-order valence-electron chi connectivity index (χ1n) is 10.9. The first-order valence-corrected chi connectivity index (χ1v) is 10.9. The van der Waals surface area contributed by atoms with Gasteiger partial charge >= 0.3 is 5.97 Å². The van der Waals surface area contributed by atoms with Crippen molar-refractivity contribution in [1.29, 1.82) is 5.41 Å². The monoisotopic (exact) mass is 487 g/mol. The summed E-state index contributed by atoms with van der Waals surface area (Å²) in [6, 6.07) is 3.83. The summed E-state index contributed by atoms with van der Waals surface area (Å²) in [5, 5.41) is 10.6. The molecular formula is C22H35Cl2N5O3. The summed E-state index contributed by atoms with van der Waals surface area (Å²) in [4.78, 5) is 31.3. The zero-order chi connectivity index (χ0) is 21.7. The van der Waals surface area contributed by atoms with Crippen LogP contribution in [0, 0.1) is 17.2 Å². The van der Waals surface area contributed by atoms with Gasteiger partial charge in [0.2, 0.25) is 5.91 Å². The summed E-state index contributed by atoms with van der Waals surface area (Å²) in [5.41, 5.74) is 6.09. The molecule has 1 aliphatic heterocycles. The van der Waals surface area contributed by atoms with E-state index >= 15 is 0 Å². The molecule has 1 aromatic rings. The Morgan fingerprint density at radius 2 is 1.72 bits per heavy atom. The maximum Gasteiger partial charge on any atom is 0.309 e. The molecule has 2 aliphatic rings. The van der Waals surface area contributed by atoms with Crippen molar-refractivity contribution in [3.05, 3.63) is 23.9 Å². The molecule has 0 bridgehead atoms. The molecular weight excluding hydrogens is 453 g/mol. The second kappa shape index (κ2) is 12.8. The Kier molecular flexibility index (Phi) is 11.2. The van der Waals surface area contributed by atoms with Gasteiger partial charge in [-0.3, -0.25) is 15.0 Å². The number of nitrogens with zero attached hydrogens (tertiary/aromatic N) is 2. The lowest BCUT2D eigenvalue weighted by Crippen LogP contribution is -2.45. The van der Waals surface area contributed by atoms with Crippen LogP contribution in [-0.4, -0.2) is 47.9 Å². The Morgan fingerprint density at radius 1 is 1.09 bits per heavy atom. The SMILES string of the molecule is CC(C)OC(=O)C1CCC(NC(=O)C2CCN(c3ccc(C(=N)N)cn3)CC2)CC1.Cl.Cl. The van der Waals surface area contributed by atoms with E-state index in [-0.39, 0.29) is 66.5 Å². The van der Waals surface area contributed by atoms with Crippen molar-refractivity contribution in [3.8, 4) is 0 Å². The second-order valence-electron chi connectivity index (χ2n) is 8.62. The molecule has 32 heavy (non-hydrogen) atoms. The summed E-state index contributed by atoms with van der Waals surface area (Å²) in [5.74, 6) is 0.864. The van der Waals surface area contributed by atoms with E-state index in [0.29, 0.717) is 5.56 Å². The zero-order valence-electron chi connectivity index (χ0n) is 18.7. The topological polar surface area (TPSA) is 121 Å². The highest BCUT2D eigenvalue weighted by Crippen LogP contribution is 2.27. The van der Waals surface area contributed by atoms with Crippen LogP contribution in [-0.2, 0) is 14.3 Å². The number of amidine groups is 1. The molecule has 1 saturated heterocycles. The highest BCUT2D eigenvalue weighted by molar-refractivity contribution is 5.94. The molecule has 0 spiro atoms. The summed E-state index contributed by atoms with van der Waals surface area (Å²) in [6.07, 6.45) is 6.32. The van der Waals surface area contributed by atoms with Gasteiger partial charge in [-0.1, -0.05) is 0 Å². The number of piperidine rings is 1. The summed E-state index contributed by atoms with van der Waals surface area (Å²) >= 11 is 0. The summed E-state index contributed by atoms with van der Waals surface area (Å²) < 4.78 is 5.31. The molecule has 10 heteroatoms. The van der Waals surface area contributed by atoms with E-state index in [2.05, 4.69) is 15.2 Å².